The summed E-state index contributed by atoms with van der Waals surface area (Å²) in [7, 11) is 1.75. The summed E-state index contributed by atoms with van der Waals surface area (Å²) in [5.74, 6) is -0.197. The molecule has 0 aliphatic carbocycles. The van der Waals surface area contributed by atoms with Gasteiger partial charge in [0, 0.05) is 20.0 Å². The molecule has 0 aliphatic heterocycles. The van der Waals surface area contributed by atoms with Crippen molar-refractivity contribution in [3.63, 3.8) is 0 Å². The Morgan fingerprint density at radius 1 is 1.04 bits per heavy atom. The Morgan fingerprint density at radius 2 is 1.64 bits per heavy atom. The van der Waals surface area contributed by atoms with Gasteiger partial charge in [-0.2, -0.15) is 0 Å². The van der Waals surface area contributed by atoms with Gasteiger partial charge in [0.1, 0.15) is 0 Å². The molecule has 128 valence electrons. The predicted molar refractivity (Wildman–Crippen MR) is 97.2 cm³/mol. The maximum atomic E-state index is 12.9. The zero-order valence-corrected chi connectivity index (χ0v) is 14.4. The van der Waals surface area contributed by atoms with Crippen LogP contribution in [-0.2, 0) is 13.0 Å². The largest absolute Gasteiger partial charge is 0.393 e. The van der Waals surface area contributed by atoms with E-state index in [1.807, 2.05) is 54.6 Å². The summed E-state index contributed by atoms with van der Waals surface area (Å²) in [5.41, 5.74) is 3.27. The first kappa shape index (κ1) is 17.0. The molecule has 5 heteroatoms. The van der Waals surface area contributed by atoms with Crippen molar-refractivity contribution in [1.29, 1.82) is 0 Å². The molecule has 1 atom stereocenters. The number of aliphatic hydroxyl groups is 1. The third kappa shape index (κ3) is 4.00. The Labute approximate surface area is 147 Å². The second-order valence-electron chi connectivity index (χ2n) is 6.21. The summed E-state index contributed by atoms with van der Waals surface area (Å²) in [6, 6.07) is 17.2. The van der Waals surface area contributed by atoms with Crippen LogP contribution in [0.15, 0.2) is 54.6 Å². The van der Waals surface area contributed by atoms with E-state index in [4.69, 9.17) is 0 Å². The number of fused-ring (bicyclic) bond motifs is 1. The lowest BCUT2D eigenvalue weighted by atomic mass is 10.1. The van der Waals surface area contributed by atoms with Gasteiger partial charge in [0.25, 0.3) is 5.91 Å². The molecule has 0 bridgehead atoms. The number of amides is 1. The second kappa shape index (κ2) is 7.40. The summed E-state index contributed by atoms with van der Waals surface area (Å²) in [6.07, 6.45) is -0.306. The minimum atomic E-state index is -0.596. The Kier molecular flexibility index (Phi) is 5.05. The van der Waals surface area contributed by atoms with Crippen LogP contribution >= 0.6 is 0 Å². The van der Waals surface area contributed by atoms with E-state index in [9.17, 15) is 9.90 Å². The minimum absolute atomic E-state index is 0.197. The standard InChI is InChI=1S/C20H21N3O2/c1-14(24)12-18-19(22-17-11-7-6-10-16(17)21-18)20(25)23(2)13-15-8-4-3-5-9-15/h3-11,14,24H,12-13H2,1-2H3. The zero-order valence-electron chi connectivity index (χ0n) is 14.4. The third-order valence-electron chi connectivity index (χ3n) is 3.94. The van der Waals surface area contributed by atoms with Gasteiger partial charge >= 0.3 is 0 Å². The predicted octanol–water partition coefficient (Wildman–Crippen LogP) is 2.83. The van der Waals surface area contributed by atoms with Crippen LogP contribution in [0.3, 0.4) is 0 Å². The SMILES string of the molecule is CC(O)Cc1nc2ccccc2nc1C(=O)N(C)Cc1ccccc1. The molecule has 0 fully saturated rings. The number of aromatic nitrogens is 2. The van der Waals surface area contributed by atoms with Crippen molar-refractivity contribution in [2.45, 2.75) is 26.0 Å². The summed E-state index contributed by atoms with van der Waals surface area (Å²) in [6.45, 7) is 2.17. The number of aliphatic hydroxyl groups excluding tert-OH is 1. The van der Waals surface area contributed by atoms with E-state index in [-0.39, 0.29) is 12.3 Å². The molecule has 1 amide bonds. The third-order valence-corrected chi connectivity index (χ3v) is 3.94. The maximum absolute atomic E-state index is 12.9. The molecule has 3 aromatic rings. The normalized spacial score (nSPS) is 12.1. The molecule has 0 saturated heterocycles. The van der Waals surface area contributed by atoms with Crippen LogP contribution in [0.1, 0.15) is 28.7 Å². The highest BCUT2D eigenvalue weighted by Crippen LogP contribution is 2.17. The highest BCUT2D eigenvalue weighted by Gasteiger charge is 2.21. The number of hydrogen-bond donors (Lipinski definition) is 1. The van der Waals surface area contributed by atoms with Crippen molar-refractivity contribution in [3.05, 3.63) is 71.5 Å². The van der Waals surface area contributed by atoms with Gasteiger partial charge in [0.05, 0.1) is 22.8 Å². The number of benzene rings is 2. The molecule has 3 rings (SSSR count). The highest BCUT2D eigenvalue weighted by molar-refractivity contribution is 5.95. The average molecular weight is 335 g/mol. The van der Waals surface area contributed by atoms with Crippen molar-refractivity contribution in [2.75, 3.05) is 7.05 Å². The first-order chi connectivity index (χ1) is 12.0. The number of hydrogen-bond acceptors (Lipinski definition) is 4. The Morgan fingerprint density at radius 3 is 2.28 bits per heavy atom. The number of carbonyl (C=O) groups excluding carboxylic acids is 1. The lowest BCUT2D eigenvalue weighted by molar-refractivity contribution is 0.0777. The molecule has 0 radical (unpaired) electrons. The summed E-state index contributed by atoms with van der Waals surface area (Å²) in [4.78, 5) is 23.6. The Balaban J connectivity index is 1.95. The molecular formula is C20H21N3O2. The van der Waals surface area contributed by atoms with Gasteiger partial charge in [-0.05, 0) is 24.6 Å². The van der Waals surface area contributed by atoms with Gasteiger partial charge in [0.2, 0.25) is 0 Å². The van der Waals surface area contributed by atoms with Crippen LogP contribution in [0.5, 0.6) is 0 Å². The van der Waals surface area contributed by atoms with Crippen molar-refractivity contribution in [2.24, 2.45) is 0 Å². The molecule has 25 heavy (non-hydrogen) atoms. The minimum Gasteiger partial charge on any atom is -0.393 e. The molecule has 1 aromatic heterocycles. The van der Waals surface area contributed by atoms with E-state index >= 15 is 0 Å². The van der Waals surface area contributed by atoms with E-state index in [1.54, 1.807) is 18.9 Å². The molecule has 1 heterocycles. The van der Waals surface area contributed by atoms with Crippen molar-refractivity contribution in [1.82, 2.24) is 14.9 Å². The van der Waals surface area contributed by atoms with Crippen LogP contribution in [0.4, 0.5) is 0 Å². The number of rotatable bonds is 5. The molecule has 1 unspecified atom stereocenters. The fourth-order valence-electron chi connectivity index (χ4n) is 2.74. The van der Waals surface area contributed by atoms with E-state index in [0.29, 0.717) is 23.4 Å². The summed E-state index contributed by atoms with van der Waals surface area (Å²) >= 11 is 0. The van der Waals surface area contributed by atoms with Crippen molar-refractivity contribution in [3.8, 4) is 0 Å². The molecule has 5 nitrogen and oxygen atoms in total. The lowest BCUT2D eigenvalue weighted by Gasteiger charge is -2.19. The highest BCUT2D eigenvalue weighted by atomic mass is 16.3. The van der Waals surface area contributed by atoms with Crippen LogP contribution < -0.4 is 0 Å². The summed E-state index contributed by atoms with van der Waals surface area (Å²) in [5, 5.41) is 9.77. The van der Waals surface area contributed by atoms with Gasteiger partial charge in [-0.3, -0.25) is 4.79 Å². The summed E-state index contributed by atoms with van der Waals surface area (Å²) < 4.78 is 0. The molecule has 0 saturated carbocycles. The van der Waals surface area contributed by atoms with E-state index in [2.05, 4.69) is 9.97 Å². The molecule has 0 spiro atoms. The molecule has 1 N–H and O–H groups in total. The van der Waals surface area contributed by atoms with Crippen molar-refractivity contribution < 1.29 is 9.90 Å². The molecule has 0 aliphatic rings. The van der Waals surface area contributed by atoms with Crippen LogP contribution in [0.25, 0.3) is 11.0 Å². The van der Waals surface area contributed by atoms with Gasteiger partial charge in [-0.25, -0.2) is 9.97 Å². The van der Waals surface area contributed by atoms with Crippen LogP contribution in [0, 0.1) is 0 Å². The number of para-hydroxylation sites is 2. The van der Waals surface area contributed by atoms with Crippen LogP contribution in [-0.4, -0.2) is 39.0 Å². The number of carbonyl (C=O) groups is 1. The first-order valence-electron chi connectivity index (χ1n) is 8.27. The fraction of sp³-hybridized carbons (Fsp3) is 0.250. The van der Waals surface area contributed by atoms with Crippen LogP contribution in [0.2, 0.25) is 0 Å². The van der Waals surface area contributed by atoms with Gasteiger partial charge in [-0.15, -0.1) is 0 Å². The average Bonchev–Trinajstić information content (AvgIpc) is 2.61. The van der Waals surface area contributed by atoms with Gasteiger partial charge < -0.3 is 10.0 Å². The quantitative estimate of drug-likeness (QED) is 0.778. The Bertz CT molecular complexity index is 879. The smallest absolute Gasteiger partial charge is 0.274 e. The number of nitrogens with zero attached hydrogens (tertiary/aromatic N) is 3. The molecular weight excluding hydrogens is 314 g/mol. The van der Waals surface area contributed by atoms with Gasteiger partial charge in [0.15, 0.2) is 5.69 Å². The maximum Gasteiger partial charge on any atom is 0.274 e. The second-order valence-corrected chi connectivity index (χ2v) is 6.21. The molecule has 2 aromatic carbocycles. The van der Waals surface area contributed by atoms with E-state index < -0.39 is 6.10 Å². The lowest BCUT2D eigenvalue weighted by Crippen LogP contribution is -2.29. The fourth-order valence-corrected chi connectivity index (χ4v) is 2.74. The zero-order chi connectivity index (χ0) is 17.8. The first-order valence-corrected chi connectivity index (χ1v) is 8.27. The monoisotopic (exact) mass is 335 g/mol. The van der Waals surface area contributed by atoms with Crippen molar-refractivity contribution >= 4 is 16.9 Å². The van der Waals surface area contributed by atoms with Gasteiger partial charge in [-0.1, -0.05) is 42.5 Å². The van der Waals surface area contributed by atoms with E-state index in [1.165, 1.54) is 0 Å². The topological polar surface area (TPSA) is 66.3 Å². The van der Waals surface area contributed by atoms with E-state index in [0.717, 1.165) is 11.1 Å². The Hall–Kier alpha value is -2.79.